The summed E-state index contributed by atoms with van der Waals surface area (Å²) in [5.41, 5.74) is 7.44. The summed E-state index contributed by atoms with van der Waals surface area (Å²) in [7, 11) is 0. The van der Waals surface area contributed by atoms with E-state index < -0.39 is 0 Å². The van der Waals surface area contributed by atoms with Crippen LogP contribution in [-0.2, 0) is 26.4 Å². The lowest BCUT2D eigenvalue weighted by molar-refractivity contribution is 0.280. The van der Waals surface area contributed by atoms with Gasteiger partial charge in [-0.05, 0) is 48.6 Å². The van der Waals surface area contributed by atoms with E-state index in [0.717, 1.165) is 0 Å². The molecule has 3 aromatic heterocycles. The second kappa shape index (κ2) is 8.18. The van der Waals surface area contributed by atoms with Gasteiger partial charge >= 0.3 is 0 Å². The highest BCUT2D eigenvalue weighted by Crippen LogP contribution is 2.27. The number of H-pyrrole nitrogens is 2. The Morgan fingerprint density at radius 3 is 1.12 bits per heavy atom. The molecule has 0 aliphatic carbocycles. The number of aliphatic hydroxyl groups is 4. The highest BCUT2D eigenvalue weighted by atomic mass is 16.3. The Labute approximate surface area is 182 Å². The maximum absolute atomic E-state index is 10.1. The van der Waals surface area contributed by atoms with Crippen LogP contribution in [0.15, 0.2) is 24.3 Å². The zero-order valence-electron chi connectivity index (χ0n) is 17.1. The van der Waals surface area contributed by atoms with Gasteiger partial charge in [-0.1, -0.05) is 0 Å². The summed E-state index contributed by atoms with van der Waals surface area (Å²) in [5.74, 6) is 0. The summed E-state index contributed by atoms with van der Waals surface area (Å²) in [5, 5.41) is 40.2. The van der Waals surface area contributed by atoms with E-state index in [1.165, 1.54) is 0 Å². The second-order valence-corrected chi connectivity index (χ2v) is 7.55. The molecular weight excluding hydrogens is 408 g/mol. The van der Waals surface area contributed by atoms with Crippen LogP contribution in [0.1, 0.15) is 45.0 Å². The molecule has 0 amide bonds. The smallest absolute Gasteiger partial charge is 0.0724 e. The first-order valence-corrected chi connectivity index (χ1v) is 10.2. The van der Waals surface area contributed by atoms with Crippen LogP contribution in [-0.4, -0.2) is 40.4 Å². The average Bonchev–Trinajstić information content (AvgIpc) is 3.59. The predicted octanol–water partition coefficient (Wildman–Crippen LogP) is 2.62. The highest BCUT2D eigenvalue weighted by molar-refractivity contribution is 5.83. The molecule has 0 saturated heterocycles. The molecule has 3 aromatic rings. The lowest BCUT2D eigenvalue weighted by Crippen LogP contribution is -1.95. The maximum Gasteiger partial charge on any atom is 0.0724 e. The third kappa shape index (κ3) is 3.26. The number of aromatic amines is 2. The number of aliphatic hydroxyl groups excluding tert-OH is 4. The Balaban J connectivity index is 1.98. The van der Waals surface area contributed by atoms with E-state index in [4.69, 9.17) is 0 Å². The first-order chi connectivity index (χ1) is 15.7. The van der Waals surface area contributed by atoms with Gasteiger partial charge in [0.1, 0.15) is 0 Å². The van der Waals surface area contributed by atoms with E-state index in [0.29, 0.717) is 67.1 Å². The molecule has 162 valence electrons. The highest BCUT2D eigenvalue weighted by Gasteiger charge is 2.15. The third-order valence-electron chi connectivity index (χ3n) is 5.82. The summed E-state index contributed by atoms with van der Waals surface area (Å²) in [6, 6.07) is 7.34. The van der Waals surface area contributed by atoms with Crippen molar-refractivity contribution in [3.63, 3.8) is 0 Å². The molecule has 8 bridgehead atoms. The normalized spacial score (nSPS) is 12.6. The summed E-state index contributed by atoms with van der Waals surface area (Å²) in [4.78, 5) is 15.8. The average molecular weight is 430 g/mol. The SMILES string of the molecule is OCc1c2nc(c(CO)c3ccc([nH]3)c(CO)c3ccc([nH]3)c(CO)c3nc1C=C3)C=C2. The number of hydrogen-bond acceptors (Lipinski definition) is 6. The minimum absolute atomic E-state index is 0.213. The molecule has 0 saturated carbocycles. The van der Waals surface area contributed by atoms with Gasteiger partial charge in [0.15, 0.2) is 0 Å². The number of fused-ring (bicyclic) bond motifs is 8. The fourth-order valence-electron chi connectivity index (χ4n) is 4.11. The van der Waals surface area contributed by atoms with Gasteiger partial charge in [0, 0.05) is 44.3 Å². The zero-order valence-corrected chi connectivity index (χ0v) is 17.1. The van der Waals surface area contributed by atoms with Gasteiger partial charge in [-0.3, -0.25) is 0 Å². The molecule has 0 fully saturated rings. The van der Waals surface area contributed by atoms with Crippen LogP contribution in [0, 0.1) is 0 Å². The van der Waals surface area contributed by atoms with Crippen molar-refractivity contribution in [3.05, 3.63) is 69.3 Å². The first-order valence-electron chi connectivity index (χ1n) is 10.2. The molecule has 0 unspecified atom stereocenters. The molecule has 2 aliphatic rings. The summed E-state index contributed by atoms with van der Waals surface area (Å²) < 4.78 is 0. The first kappa shape index (κ1) is 20.3. The van der Waals surface area contributed by atoms with E-state index in [2.05, 4.69) is 19.9 Å². The van der Waals surface area contributed by atoms with Gasteiger partial charge < -0.3 is 30.4 Å². The number of nitrogens with zero attached hydrogens (tertiary/aromatic N) is 2. The van der Waals surface area contributed by atoms with Gasteiger partial charge in [0.25, 0.3) is 0 Å². The molecule has 8 nitrogen and oxygen atoms in total. The third-order valence-corrected chi connectivity index (χ3v) is 5.82. The Kier molecular flexibility index (Phi) is 5.20. The Morgan fingerprint density at radius 2 is 0.781 bits per heavy atom. The lowest BCUT2D eigenvalue weighted by Gasteiger charge is -2.01. The van der Waals surface area contributed by atoms with E-state index in [9.17, 15) is 20.4 Å². The van der Waals surface area contributed by atoms with E-state index in [1.807, 2.05) is 24.3 Å². The van der Waals surface area contributed by atoms with Gasteiger partial charge in [-0.2, -0.15) is 0 Å². The molecule has 5 heterocycles. The van der Waals surface area contributed by atoms with Crippen molar-refractivity contribution in [1.82, 2.24) is 19.9 Å². The summed E-state index contributed by atoms with van der Waals surface area (Å²) in [6.45, 7) is -0.946. The summed E-state index contributed by atoms with van der Waals surface area (Å²) >= 11 is 0. The number of nitrogens with one attached hydrogen (secondary N) is 2. The van der Waals surface area contributed by atoms with Gasteiger partial charge in [-0.25, -0.2) is 9.97 Å². The molecule has 0 atom stereocenters. The number of rotatable bonds is 4. The fourth-order valence-corrected chi connectivity index (χ4v) is 4.11. The van der Waals surface area contributed by atoms with Crippen LogP contribution in [0.2, 0.25) is 0 Å². The van der Waals surface area contributed by atoms with Gasteiger partial charge in [-0.15, -0.1) is 0 Å². The van der Waals surface area contributed by atoms with Crippen LogP contribution < -0.4 is 0 Å². The van der Waals surface area contributed by atoms with E-state index in [1.54, 1.807) is 24.3 Å². The standard InChI is InChI=1S/C24H22N4O4/c29-9-13-17-1-2-18(25-17)14(10-30)20-5-6-22(27-20)16(12-32)24-8-7-23(28-24)15(11-31)21-4-3-19(13)26-21/h1-8,25-26,29-32H,9-12H2. The van der Waals surface area contributed by atoms with Crippen LogP contribution in [0.5, 0.6) is 0 Å². The van der Waals surface area contributed by atoms with Crippen molar-refractivity contribution in [3.8, 4) is 0 Å². The number of hydrogen-bond donors (Lipinski definition) is 6. The van der Waals surface area contributed by atoms with Crippen molar-refractivity contribution in [2.75, 3.05) is 0 Å². The zero-order chi connectivity index (χ0) is 22.2. The van der Waals surface area contributed by atoms with Crippen molar-refractivity contribution in [1.29, 1.82) is 0 Å². The molecule has 32 heavy (non-hydrogen) atoms. The van der Waals surface area contributed by atoms with E-state index >= 15 is 0 Å². The van der Waals surface area contributed by atoms with Crippen molar-refractivity contribution < 1.29 is 20.4 Å². The minimum atomic E-state index is -0.260. The second-order valence-electron chi connectivity index (χ2n) is 7.55. The Morgan fingerprint density at radius 1 is 0.469 bits per heavy atom. The van der Waals surface area contributed by atoms with Crippen molar-refractivity contribution in [2.24, 2.45) is 0 Å². The molecule has 0 radical (unpaired) electrons. The van der Waals surface area contributed by atoms with Crippen molar-refractivity contribution >= 4 is 46.4 Å². The molecule has 0 spiro atoms. The summed E-state index contributed by atoms with van der Waals surface area (Å²) in [6.07, 6.45) is 7.15. The molecule has 8 heteroatoms. The maximum atomic E-state index is 10.1. The Hall–Kier alpha value is -3.56. The van der Waals surface area contributed by atoms with Crippen LogP contribution in [0.3, 0.4) is 0 Å². The van der Waals surface area contributed by atoms with Crippen LogP contribution in [0.25, 0.3) is 46.4 Å². The van der Waals surface area contributed by atoms with Crippen LogP contribution in [0.4, 0.5) is 0 Å². The van der Waals surface area contributed by atoms with Crippen LogP contribution >= 0.6 is 0 Å². The van der Waals surface area contributed by atoms with Crippen molar-refractivity contribution in [2.45, 2.75) is 26.4 Å². The van der Waals surface area contributed by atoms with Gasteiger partial charge in [0.2, 0.25) is 0 Å². The quantitative estimate of drug-likeness (QED) is 0.259. The molecule has 5 rings (SSSR count). The van der Waals surface area contributed by atoms with E-state index in [-0.39, 0.29) is 26.4 Å². The molecule has 6 N–H and O–H groups in total. The Bertz CT molecular complexity index is 1330. The fraction of sp³-hybridized carbons (Fsp3) is 0.167. The molecule has 0 aromatic carbocycles. The van der Waals surface area contributed by atoms with Gasteiger partial charge in [0.05, 0.1) is 49.2 Å². The number of aromatic nitrogens is 4. The largest absolute Gasteiger partial charge is 0.392 e. The molecule has 2 aliphatic heterocycles. The molecular formula is C24H22N4O4. The monoisotopic (exact) mass is 430 g/mol. The predicted molar refractivity (Wildman–Crippen MR) is 123 cm³/mol. The lowest BCUT2D eigenvalue weighted by atomic mass is 10.1. The minimum Gasteiger partial charge on any atom is -0.392 e. The topological polar surface area (TPSA) is 138 Å².